The Morgan fingerprint density at radius 2 is 1.62 bits per heavy atom. The smallest absolute Gasteiger partial charge is 0.0491 e. The lowest BCUT2D eigenvalue weighted by Crippen LogP contribution is -2.01. The molecule has 1 heteroatoms. The van der Waals surface area contributed by atoms with E-state index in [9.17, 15) is 0 Å². The third-order valence-corrected chi connectivity index (χ3v) is 4.04. The Kier molecular flexibility index (Phi) is 4.10. The molecule has 3 rings (SSSR count). The second kappa shape index (κ2) is 6.17. The summed E-state index contributed by atoms with van der Waals surface area (Å²) < 4.78 is 2.48. The van der Waals surface area contributed by atoms with Crippen LogP contribution in [0, 0.1) is 5.92 Å². The maximum absolute atomic E-state index is 2.48. The number of benzene rings is 2. The third kappa shape index (κ3) is 3.02. The zero-order chi connectivity index (χ0) is 14.7. The zero-order valence-electron chi connectivity index (χ0n) is 12.9. The first kappa shape index (κ1) is 13.9. The van der Waals surface area contributed by atoms with Crippen LogP contribution in [-0.4, -0.2) is 4.57 Å². The molecule has 0 aliphatic heterocycles. The molecule has 0 N–H and O–H groups in total. The van der Waals surface area contributed by atoms with Crippen molar-refractivity contribution in [2.45, 2.75) is 33.2 Å². The molecule has 0 aliphatic carbocycles. The summed E-state index contributed by atoms with van der Waals surface area (Å²) in [5.74, 6) is 0.770. The van der Waals surface area contributed by atoms with Gasteiger partial charge in [0.25, 0.3) is 0 Å². The predicted octanol–water partition coefficient (Wildman–Crippen LogP) is 5.74. The number of hydrogen-bond donors (Lipinski definition) is 0. The number of aromatic nitrogens is 1. The lowest BCUT2D eigenvalue weighted by atomic mass is 10.1. The monoisotopic (exact) mass is 277 g/mol. The highest BCUT2D eigenvalue weighted by molar-refractivity contribution is 5.87. The van der Waals surface area contributed by atoms with Crippen LogP contribution in [0.5, 0.6) is 0 Å². The average molecular weight is 277 g/mol. The molecule has 0 atom stereocenters. The Morgan fingerprint density at radius 3 is 2.38 bits per heavy atom. The van der Waals surface area contributed by atoms with Crippen molar-refractivity contribution in [3.63, 3.8) is 0 Å². The van der Waals surface area contributed by atoms with Gasteiger partial charge in [0.1, 0.15) is 0 Å². The normalized spacial score (nSPS) is 11.4. The molecular formula is C20H23N. The second-order valence-corrected chi connectivity index (χ2v) is 6.14. The van der Waals surface area contributed by atoms with E-state index in [-0.39, 0.29) is 0 Å². The minimum atomic E-state index is 0.770. The number of fused-ring (bicyclic) bond motifs is 1. The van der Waals surface area contributed by atoms with E-state index >= 15 is 0 Å². The molecule has 2 aromatic carbocycles. The molecule has 0 radical (unpaired) electrons. The van der Waals surface area contributed by atoms with Crippen molar-refractivity contribution < 1.29 is 0 Å². The first-order valence-electron chi connectivity index (χ1n) is 7.89. The zero-order valence-corrected chi connectivity index (χ0v) is 12.9. The summed E-state index contributed by atoms with van der Waals surface area (Å²) in [6, 6.07) is 21.7. The minimum absolute atomic E-state index is 0.770. The molecule has 1 aromatic heterocycles. The Labute approximate surface area is 127 Å². The van der Waals surface area contributed by atoms with Gasteiger partial charge in [-0.1, -0.05) is 62.4 Å². The van der Waals surface area contributed by atoms with Gasteiger partial charge in [-0.3, -0.25) is 0 Å². The van der Waals surface area contributed by atoms with Crippen LogP contribution in [0.2, 0.25) is 0 Å². The van der Waals surface area contributed by atoms with E-state index < -0.39 is 0 Å². The molecule has 0 aliphatic rings. The maximum atomic E-state index is 2.48. The van der Waals surface area contributed by atoms with Gasteiger partial charge in [0.15, 0.2) is 0 Å². The van der Waals surface area contributed by atoms with Crippen LogP contribution in [0.15, 0.2) is 60.7 Å². The summed E-state index contributed by atoms with van der Waals surface area (Å²) in [5.41, 5.74) is 3.99. The van der Waals surface area contributed by atoms with E-state index in [0.717, 1.165) is 12.5 Å². The number of hydrogen-bond acceptors (Lipinski definition) is 0. The number of para-hydroxylation sites is 1. The quantitative estimate of drug-likeness (QED) is 0.560. The van der Waals surface area contributed by atoms with Gasteiger partial charge in [0, 0.05) is 23.1 Å². The highest BCUT2D eigenvalue weighted by atomic mass is 15.0. The molecule has 1 nitrogen and oxygen atoms in total. The van der Waals surface area contributed by atoms with Crippen LogP contribution in [0.4, 0.5) is 0 Å². The molecule has 1 heterocycles. The standard InChI is InChI=1S/C20H23N/c1-16(2)9-8-14-21-19-13-7-6-12-18(19)15-20(21)17-10-4-3-5-11-17/h3-7,10-13,15-16H,8-9,14H2,1-2H3. The van der Waals surface area contributed by atoms with Gasteiger partial charge in [0.05, 0.1) is 0 Å². The Morgan fingerprint density at radius 1 is 0.905 bits per heavy atom. The van der Waals surface area contributed by atoms with Crippen molar-refractivity contribution in [3.05, 3.63) is 60.7 Å². The van der Waals surface area contributed by atoms with Crippen molar-refractivity contribution in [1.29, 1.82) is 0 Å². The van der Waals surface area contributed by atoms with Gasteiger partial charge in [0.2, 0.25) is 0 Å². The van der Waals surface area contributed by atoms with E-state index in [4.69, 9.17) is 0 Å². The SMILES string of the molecule is CC(C)CCCn1c(-c2ccccc2)cc2ccccc21. The lowest BCUT2D eigenvalue weighted by molar-refractivity contribution is 0.519. The van der Waals surface area contributed by atoms with Gasteiger partial charge in [-0.25, -0.2) is 0 Å². The van der Waals surface area contributed by atoms with Crippen LogP contribution in [-0.2, 0) is 6.54 Å². The van der Waals surface area contributed by atoms with Gasteiger partial charge in [-0.2, -0.15) is 0 Å². The summed E-state index contributed by atoms with van der Waals surface area (Å²) in [6.07, 6.45) is 2.51. The molecule has 0 saturated heterocycles. The summed E-state index contributed by atoms with van der Waals surface area (Å²) >= 11 is 0. The molecule has 0 fully saturated rings. The van der Waals surface area contributed by atoms with E-state index in [0.29, 0.717) is 0 Å². The van der Waals surface area contributed by atoms with Crippen LogP contribution in [0.25, 0.3) is 22.2 Å². The van der Waals surface area contributed by atoms with Crippen molar-refractivity contribution >= 4 is 10.9 Å². The summed E-state index contributed by atoms with van der Waals surface area (Å²) in [5, 5.41) is 1.33. The fourth-order valence-electron chi connectivity index (χ4n) is 2.96. The van der Waals surface area contributed by atoms with Gasteiger partial charge < -0.3 is 4.57 Å². The summed E-state index contributed by atoms with van der Waals surface area (Å²) in [4.78, 5) is 0. The molecule has 3 aromatic rings. The fourth-order valence-corrected chi connectivity index (χ4v) is 2.96. The predicted molar refractivity (Wildman–Crippen MR) is 91.4 cm³/mol. The Bertz CT molecular complexity index is 707. The highest BCUT2D eigenvalue weighted by Crippen LogP contribution is 2.28. The topological polar surface area (TPSA) is 4.93 Å². The van der Waals surface area contributed by atoms with E-state index in [1.807, 2.05) is 0 Å². The Hall–Kier alpha value is -2.02. The molecule has 0 saturated carbocycles. The minimum Gasteiger partial charge on any atom is -0.340 e. The molecule has 21 heavy (non-hydrogen) atoms. The van der Waals surface area contributed by atoms with E-state index in [2.05, 4.69) is 79.1 Å². The van der Waals surface area contributed by atoms with Crippen LogP contribution in [0.3, 0.4) is 0 Å². The van der Waals surface area contributed by atoms with Crippen molar-refractivity contribution in [1.82, 2.24) is 4.57 Å². The molecule has 108 valence electrons. The average Bonchev–Trinajstić information content (AvgIpc) is 2.87. The lowest BCUT2D eigenvalue weighted by Gasteiger charge is -2.12. The third-order valence-electron chi connectivity index (χ3n) is 4.04. The summed E-state index contributed by atoms with van der Waals surface area (Å²) in [6.45, 7) is 5.69. The van der Waals surface area contributed by atoms with Crippen LogP contribution in [0.1, 0.15) is 26.7 Å². The van der Waals surface area contributed by atoms with E-state index in [1.165, 1.54) is 35.0 Å². The maximum Gasteiger partial charge on any atom is 0.0491 e. The van der Waals surface area contributed by atoms with Crippen LogP contribution >= 0.6 is 0 Å². The first-order chi connectivity index (χ1) is 10.3. The second-order valence-electron chi connectivity index (χ2n) is 6.14. The summed E-state index contributed by atoms with van der Waals surface area (Å²) in [7, 11) is 0. The van der Waals surface area contributed by atoms with Gasteiger partial charge in [-0.05, 0) is 36.5 Å². The molecule has 0 spiro atoms. The Balaban J connectivity index is 2.02. The number of nitrogens with zero attached hydrogens (tertiary/aromatic N) is 1. The van der Waals surface area contributed by atoms with E-state index in [1.54, 1.807) is 0 Å². The fraction of sp³-hybridized carbons (Fsp3) is 0.300. The molecule has 0 amide bonds. The van der Waals surface area contributed by atoms with Gasteiger partial charge in [-0.15, -0.1) is 0 Å². The highest BCUT2D eigenvalue weighted by Gasteiger charge is 2.10. The van der Waals surface area contributed by atoms with Crippen molar-refractivity contribution in [2.75, 3.05) is 0 Å². The van der Waals surface area contributed by atoms with Crippen molar-refractivity contribution in [2.24, 2.45) is 5.92 Å². The van der Waals surface area contributed by atoms with Gasteiger partial charge >= 0.3 is 0 Å². The number of rotatable bonds is 5. The molecular weight excluding hydrogens is 254 g/mol. The first-order valence-corrected chi connectivity index (χ1v) is 7.89. The van der Waals surface area contributed by atoms with Crippen LogP contribution < -0.4 is 0 Å². The largest absolute Gasteiger partial charge is 0.340 e. The number of aryl methyl sites for hydroxylation is 1. The van der Waals surface area contributed by atoms with Crippen molar-refractivity contribution in [3.8, 4) is 11.3 Å². The molecule has 0 unspecified atom stereocenters. The molecule has 0 bridgehead atoms.